The molecule has 4 aliphatic rings. The van der Waals surface area contributed by atoms with Crippen LogP contribution < -0.4 is 15.0 Å². The van der Waals surface area contributed by atoms with Gasteiger partial charge in [-0.1, -0.05) is 24.1 Å². The zero-order valence-electron chi connectivity index (χ0n) is 26.2. The maximum absolute atomic E-state index is 16.9. The number of nitrogens with one attached hydrogen (secondary N) is 1. The summed E-state index contributed by atoms with van der Waals surface area (Å²) >= 11 is 0. The fourth-order valence-corrected chi connectivity index (χ4v) is 8.34. The standard InChI is InChI=1S/C36H34F2N6O4/c1-3-26-29(37)7-4-21-10-25(46)11-27(30(21)26)32-31(38)33-28(13-39-32)34(43-15-22-5-6-23(16-43)40-22)42-35(41-33)48-18-36-9-8-24(17-47-19-45)44(36)14-20(2)12-36/h1,4,7,10-11,13,19,22-24,40,46H,2,5-6,8-9,12,14-18H2/t22?,23?,24-,36-/m0/s1. The van der Waals surface area contributed by atoms with Gasteiger partial charge in [-0.3, -0.25) is 14.7 Å². The first-order valence-corrected chi connectivity index (χ1v) is 16.2. The smallest absolute Gasteiger partial charge is 0.319 e. The van der Waals surface area contributed by atoms with Gasteiger partial charge in [-0.15, -0.1) is 6.42 Å². The molecular formula is C36H34F2N6O4. The van der Waals surface area contributed by atoms with Gasteiger partial charge in [-0.05, 0) is 55.7 Å². The number of benzene rings is 2. The zero-order chi connectivity index (χ0) is 33.2. The molecule has 2 aromatic heterocycles. The number of aromatic hydroxyl groups is 1. The van der Waals surface area contributed by atoms with Crippen LogP contribution in [0.1, 0.15) is 37.7 Å². The summed E-state index contributed by atoms with van der Waals surface area (Å²) in [7, 11) is 0. The van der Waals surface area contributed by atoms with Crippen LogP contribution in [0, 0.1) is 24.0 Å². The number of rotatable bonds is 8. The molecule has 48 heavy (non-hydrogen) atoms. The van der Waals surface area contributed by atoms with E-state index in [1.807, 2.05) is 0 Å². The second-order valence-electron chi connectivity index (χ2n) is 13.4. The molecule has 4 saturated heterocycles. The average Bonchev–Trinajstić information content (AvgIpc) is 3.71. The third-order valence-electron chi connectivity index (χ3n) is 10.4. The van der Waals surface area contributed by atoms with Crippen molar-refractivity contribution in [1.29, 1.82) is 0 Å². The monoisotopic (exact) mass is 652 g/mol. The van der Waals surface area contributed by atoms with E-state index in [0.29, 0.717) is 49.1 Å². The molecule has 12 heteroatoms. The van der Waals surface area contributed by atoms with E-state index in [0.717, 1.165) is 31.3 Å². The lowest BCUT2D eigenvalue weighted by atomic mass is 9.94. The van der Waals surface area contributed by atoms with E-state index in [-0.39, 0.29) is 76.4 Å². The fourth-order valence-electron chi connectivity index (χ4n) is 8.34. The van der Waals surface area contributed by atoms with Crippen molar-refractivity contribution < 1.29 is 28.2 Å². The maximum Gasteiger partial charge on any atom is 0.319 e. The molecule has 6 heterocycles. The van der Waals surface area contributed by atoms with Crippen molar-refractivity contribution in [2.24, 2.45) is 0 Å². The molecule has 4 fully saturated rings. The highest BCUT2D eigenvalue weighted by atomic mass is 19.1. The van der Waals surface area contributed by atoms with E-state index >= 15 is 4.39 Å². The first-order chi connectivity index (χ1) is 23.3. The van der Waals surface area contributed by atoms with Gasteiger partial charge in [0, 0.05) is 54.9 Å². The average molecular weight is 653 g/mol. The van der Waals surface area contributed by atoms with E-state index in [4.69, 9.17) is 20.9 Å². The summed E-state index contributed by atoms with van der Waals surface area (Å²) < 4.78 is 43.3. The molecule has 0 saturated carbocycles. The van der Waals surface area contributed by atoms with Crippen molar-refractivity contribution in [3.05, 3.63) is 59.8 Å². The molecule has 2 N–H and O–H groups in total. The van der Waals surface area contributed by atoms with Crippen LogP contribution in [0.15, 0.2) is 42.6 Å². The number of phenols is 1. The lowest BCUT2D eigenvalue weighted by Gasteiger charge is -2.35. The van der Waals surface area contributed by atoms with Crippen molar-refractivity contribution in [2.75, 3.05) is 37.7 Å². The number of carbonyl (C=O) groups is 1. The summed E-state index contributed by atoms with van der Waals surface area (Å²) in [6.45, 7) is 7.26. The Morgan fingerprint density at radius 1 is 1.19 bits per heavy atom. The topological polar surface area (TPSA) is 113 Å². The molecular weight excluding hydrogens is 618 g/mol. The molecule has 2 bridgehead atoms. The van der Waals surface area contributed by atoms with E-state index in [9.17, 15) is 14.3 Å². The Balaban J connectivity index is 1.24. The summed E-state index contributed by atoms with van der Waals surface area (Å²) in [6, 6.07) is 6.12. The van der Waals surface area contributed by atoms with E-state index in [1.54, 1.807) is 0 Å². The van der Waals surface area contributed by atoms with Crippen molar-refractivity contribution >= 4 is 34.0 Å². The number of aromatic nitrogens is 3. The van der Waals surface area contributed by atoms with Gasteiger partial charge in [0.25, 0.3) is 6.47 Å². The Bertz CT molecular complexity index is 2020. The van der Waals surface area contributed by atoms with Crippen LogP contribution in [0.25, 0.3) is 32.9 Å². The van der Waals surface area contributed by atoms with Crippen LogP contribution in [0.5, 0.6) is 11.8 Å². The number of pyridine rings is 1. The number of phenolic OH excluding ortho intramolecular Hbond substituents is 1. The van der Waals surface area contributed by atoms with Gasteiger partial charge >= 0.3 is 6.01 Å². The van der Waals surface area contributed by atoms with Gasteiger partial charge < -0.3 is 24.8 Å². The number of fused-ring (bicyclic) bond motifs is 5. The zero-order valence-corrected chi connectivity index (χ0v) is 26.2. The lowest BCUT2D eigenvalue weighted by Crippen LogP contribution is -2.51. The summed E-state index contributed by atoms with van der Waals surface area (Å²) in [5.74, 6) is 1.35. The molecule has 2 unspecified atom stereocenters. The van der Waals surface area contributed by atoms with Gasteiger partial charge in [0.05, 0.1) is 16.5 Å². The molecule has 8 rings (SSSR count). The first-order valence-electron chi connectivity index (χ1n) is 16.2. The van der Waals surface area contributed by atoms with Gasteiger partial charge in [0.1, 0.15) is 41.8 Å². The first kappa shape index (κ1) is 30.5. The molecule has 0 aliphatic carbocycles. The molecule has 0 radical (unpaired) electrons. The highest BCUT2D eigenvalue weighted by Gasteiger charge is 2.51. The molecule has 4 aliphatic heterocycles. The van der Waals surface area contributed by atoms with Crippen LogP contribution in [-0.4, -0.2) is 87.9 Å². The SMILES string of the molecule is C#Cc1c(F)ccc2cc(O)cc(-c3ncc4c(N5CC6CCC(C5)N6)nc(OC[C@@]56CC[C@@H](COC=O)N5CC(=C)C6)nc4c3F)c12. The van der Waals surface area contributed by atoms with E-state index in [2.05, 4.69) is 37.6 Å². The minimum atomic E-state index is -0.765. The second-order valence-corrected chi connectivity index (χ2v) is 13.4. The Morgan fingerprint density at radius 3 is 2.77 bits per heavy atom. The normalized spacial score (nSPS) is 25.1. The summed E-state index contributed by atoms with van der Waals surface area (Å²) in [4.78, 5) is 29.3. The van der Waals surface area contributed by atoms with E-state index in [1.165, 1.54) is 30.5 Å². The van der Waals surface area contributed by atoms with Crippen LogP contribution >= 0.6 is 0 Å². The molecule has 2 aromatic carbocycles. The highest BCUT2D eigenvalue weighted by molar-refractivity contribution is 6.03. The molecule has 0 amide bonds. The number of anilines is 1. The number of nitrogens with zero attached hydrogens (tertiary/aromatic N) is 5. The number of hydrogen-bond donors (Lipinski definition) is 2. The Kier molecular flexibility index (Phi) is 7.42. The van der Waals surface area contributed by atoms with Crippen molar-refractivity contribution in [3.8, 4) is 35.4 Å². The molecule has 246 valence electrons. The van der Waals surface area contributed by atoms with Gasteiger partial charge in [-0.2, -0.15) is 9.97 Å². The highest BCUT2D eigenvalue weighted by Crippen LogP contribution is 2.45. The van der Waals surface area contributed by atoms with Crippen molar-refractivity contribution in [2.45, 2.75) is 55.8 Å². The van der Waals surface area contributed by atoms with Crippen LogP contribution in [0.3, 0.4) is 0 Å². The van der Waals surface area contributed by atoms with Crippen LogP contribution in [0.4, 0.5) is 14.6 Å². The van der Waals surface area contributed by atoms with Crippen LogP contribution in [0.2, 0.25) is 0 Å². The lowest BCUT2D eigenvalue weighted by molar-refractivity contribution is -0.130. The maximum atomic E-state index is 16.9. The number of ether oxygens (including phenoxy) is 2. The minimum Gasteiger partial charge on any atom is -0.508 e. The number of piperazine rings is 1. The third-order valence-corrected chi connectivity index (χ3v) is 10.4. The number of terminal acetylenes is 1. The Morgan fingerprint density at radius 2 is 2.00 bits per heavy atom. The fraction of sp³-hybridized carbons (Fsp3) is 0.389. The number of hydrogen-bond acceptors (Lipinski definition) is 10. The van der Waals surface area contributed by atoms with Crippen LogP contribution in [-0.2, 0) is 9.53 Å². The second kappa shape index (κ2) is 11.7. The predicted molar refractivity (Wildman–Crippen MR) is 176 cm³/mol. The summed E-state index contributed by atoms with van der Waals surface area (Å²) in [6.07, 6.45) is 11.7. The number of halogens is 2. The molecule has 10 nitrogen and oxygen atoms in total. The molecule has 0 spiro atoms. The van der Waals surface area contributed by atoms with Gasteiger partial charge in [-0.25, -0.2) is 8.78 Å². The van der Waals surface area contributed by atoms with Crippen molar-refractivity contribution in [3.63, 3.8) is 0 Å². The summed E-state index contributed by atoms with van der Waals surface area (Å²) in [5.41, 5.74) is 0.644. The summed E-state index contributed by atoms with van der Waals surface area (Å²) in [5, 5.41) is 15.3. The van der Waals surface area contributed by atoms with Gasteiger partial charge in [0.2, 0.25) is 0 Å². The van der Waals surface area contributed by atoms with Gasteiger partial charge in [0.15, 0.2) is 5.82 Å². The number of carbonyl (C=O) groups excluding carboxylic acids is 1. The Hall–Kier alpha value is -4.86. The van der Waals surface area contributed by atoms with E-state index < -0.39 is 11.6 Å². The molecule has 4 atom stereocenters. The predicted octanol–water partition coefficient (Wildman–Crippen LogP) is 4.47. The Labute approximate surface area is 275 Å². The van der Waals surface area contributed by atoms with Crippen molar-refractivity contribution in [1.82, 2.24) is 25.2 Å². The quantitative estimate of drug-likeness (QED) is 0.161. The minimum absolute atomic E-state index is 0.00472. The molecule has 4 aromatic rings. The third kappa shape index (κ3) is 5.00. The largest absolute Gasteiger partial charge is 0.508 e.